The summed E-state index contributed by atoms with van der Waals surface area (Å²) in [6.07, 6.45) is 4.75. The van der Waals surface area contributed by atoms with Gasteiger partial charge in [-0.05, 0) is 37.6 Å². The molecule has 4 nitrogen and oxygen atoms in total. The third-order valence-corrected chi connectivity index (χ3v) is 4.26. The highest BCUT2D eigenvalue weighted by atomic mass is 16.2. The lowest BCUT2D eigenvalue weighted by Crippen LogP contribution is -2.43. The van der Waals surface area contributed by atoms with E-state index in [0.717, 1.165) is 25.2 Å². The highest BCUT2D eigenvalue weighted by Gasteiger charge is 2.25. The van der Waals surface area contributed by atoms with Gasteiger partial charge >= 0.3 is 0 Å². The van der Waals surface area contributed by atoms with Crippen LogP contribution in [0.1, 0.15) is 24.8 Å². The first-order valence-electron chi connectivity index (χ1n) is 7.67. The zero-order chi connectivity index (χ0) is 13.8. The lowest BCUT2D eigenvalue weighted by atomic mass is 10.1. The summed E-state index contributed by atoms with van der Waals surface area (Å²) in [7, 11) is 0. The van der Waals surface area contributed by atoms with Gasteiger partial charge in [0.2, 0.25) is 5.91 Å². The second-order valence-corrected chi connectivity index (χ2v) is 5.75. The molecule has 0 radical (unpaired) electrons. The van der Waals surface area contributed by atoms with Crippen LogP contribution >= 0.6 is 0 Å². The van der Waals surface area contributed by atoms with Crippen molar-refractivity contribution in [3.63, 3.8) is 0 Å². The zero-order valence-electron chi connectivity index (χ0n) is 11.9. The molecule has 0 bridgehead atoms. The van der Waals surface area contributed by atoms with Crippen LogP contribution < -0.4 is 10.6 Å². The number of anilines is 1. The number of fused-ring (bicyclic) bond motifs is 1. The highest BCUT2D eigenvalue weighted by molar-refractivity contribution is 5.87. The molecule has 1 aromatic carbocycles. The average molecular weight is 273 g/mol. The topological polar surface area (TPSA) is 44.4 Å². The fraction of sp³-hybridized carbons (Fsp3) is 0.562. The maximum Gasteiger partial charge on any atom is 0.242 e. The molecule has 0 spiro atoms. The molecule has 2 aliphatic heterocycles. The fourth-order valence-electron chi connectivity index (χ4n) is 3.10. The van der Waals surface area contributed by atoms with E-state index in [2.05, 4.69) is 21.6 Å². The number of hydrogen-bond acceptors (Lipinski definition) is 3. The SMILES string of the molecule is O=C(NCCN1CCCCC1)C1Cc2ccccc2N1. The molecule has 108 valence electrons. The van der Waals surface area contributed by atoms with Gasteiger partial charge in [0.25, 0.3) is 0 Å². The number of likely N-dealkylation sites (tertiary alicyclic amines) is 1. The van der Waals surface area contributed by atoms with Crippen LogP contribution in [-0.2, 0) is 11.2 Å². The summed E-state index contributed by atoms with van der Waals surface area (Å²) in [5, 5.41) is 6.36. The van der Waals surface area contributed by atoms with E-state index in [1.165, 1.54) is 37.9 Å². The van der Waals surface area contributed by atoms with Gasteiger partial charge in [0, 0.05) is 25.2 Å². The monoisotopic (exact) mass is 273 g/mol. The Labute approximate surface area is 120 Å². The Morgan fingerprint density at radius 2 is 2.05 bits per heavy atom. The Hall–Kier alpha value is -1.55. The van der Waals surface area contributed by atoms with Crippen LogP contribution in [0.15, 0.2) is 24.3 Å². The molecule has 3 rings (SSSR count). The molecule has 0 saturated carbocycles. The normalized spacial score (nSPS) is 22.1. The smallest absolute Gasteiger partial charge is 0.242 e. The van der Waals surface area contributed by atoms with Crippen LogP contribution in [0.5, 0.6) is 0 Å². The number of para-hydroxylation sites is 1. The number of nitrogens with zero attached hydrogens (tertiary/aromatic N) is 1. The summed E-state index contributed by atoms with van der Waals surface area (Å²) >= 11 is 0. The maximum absolute atomic E-state index is 12.2. The third kappa shape index (κ3) is 3.12. The number of rotatable bonds is 4. The molecular formula is C16H23N3O. The van der Waals surface area contributed by atoms with Gasteiger partial charge in [0.15, 0.2) is 0 Å². The van der Waals surface area contributed by atoms with Crippen LogP contribution in [0.3, 0.4) is 0 Å². The Bertz CT molecular complexity index is 444. The van der Waals surface area contributed by atoms with Crippen molar-refractivity contribution in [1.29, 1.82) is 0 Å². The number of piperidine rings is 1. The second-order valence-electron chi connectivity index (χ2n) is 5.75. The molecule has 1 unspecified atom stereocenters. The molecule has 0 aromatic heterocycles. The van der Waals surface area contributed by atoms with Gasteiger partial charge < -0.3 is 15.5 Å². The van der Waals surface area contributed by atoms with Crippen molar-refractivity contribution < 1.29 is 4.79 Å². The quantitative estimate of drug-likeness (QED) is 0.876. The number of nitrogens with one attached hydrogen (secondary N) is 2. The van der Waals surface area contributed by atoms with E-state index in [1.807, 2.05) is 18.2 Å². The van der Waals surface area contributed by atoms with Gasteiger partial charge in [-0.25, -0.2) is 0 Å². The Morgan fingerprint density at radius 3 is 2.85 bits per heavy atom. The minimum Gasteiger partial charge on any atom is -0.373 e. The first kappa shape index (κ1) is 13.4. The van der Waals surface area contributed by atoms with E-state index in [4.69, 9.17) is 0 Å². The van der Waals surface area contributed by atoms with E-state index in [0.29, 0.717) is 0 Å². The van der Waals surface area contributed by atoms with Gasteiger partial charge in [-0.15, -0.1) is 0 Å². The minimum atomic E-state index is -0.103. The first-order valence-corrected chi connectivity index (χ1v) is 7.67. The van der Waals surface area contributed by atoms with Gasteiger partial charge in [0.05, 0.1) is 0 Å². The molecule has 1 atom stereocenters. The van der Waals surface area contributed by atoms with Crippen molar-refractivity contribution in [2.45, 2.75) is 31.7 Å². The Morgan fingerprint density at radius 1 is 1.25 bits per heavy atom. The summed E-state index contributed by atoms with van der Waals surface area (Å²) in [6.45, 7) is 4.10. The van der Waals surface area contributed by atoms with Gasteiger partial charge in [-0.1, -0.05) is 24.6 Å². The molecule has 2 N–H and O–H groups in total. The Balaban J connectivity index is 1.42. The molecule has 4 heteroatoms. The van der Waals surface area contributed by atoms with E-state index in [-0.39, 0.29) is 11.9 Å². The van der Waals surface area contributed by atoms with E-state index in [9.17, 15) is 4.79 Å². The van der Waals surface area contributed by atoms with Gasteiger partial charge in [-0.2, -0.15) is 0 Å². The largest absolute Gasteiger partial charge is 0.373 e. The molecule has 0 aliphatic carbocycles. The lowest BCUT2D eigenvalue weighted by molar-refractivity contribution is -0.121. The van der Waals surface area contributed by atoms with Crippen LogP contribution in [0, 0.1) is 0 Å². The number of carbonyl (C=O) groups is 1. The lowest BCUT2D eigenvalue weighted by Gasteiger charge is -2.26. The molecule has 1 fully saturated rings. The summed E-state index contributed by atoms with van der Waals surface area (Å²) in [4.78, 5) is 14.6. The Kier molecular flexibility index (Phi) is 4.21. The zero-order valence-corrected chi connectivity index (χ0v) is 11.9. The number of amides is 1. The average Bonchev–Trinajstić information content (AvgIpc) is 2.92. The number of carbonyl (C=O) groups excluding carboxylic acids is 1. The van der Waals surface area contributed by atoms with Crippen LogP contribution in [0.2, 0.25) is 0 Å². The standard InChI is InChI=1S/C16H23N3O/c20-16(17-8-11-19-9-4-1-5-10-19)15-12-13-6-2-3-7-14(13)18-15/h2-3,6-7,15,18H,1,4-5,8-12H2,(H,17,20). The van der Waals surface area contributed by atoms with E-state index >= 15 is 0 Å². The maximum atomic E-state index is 12.2. The van der Waals surface area contributed by atoms with E-state index in [1.54, 1.807) is 0 Å². The summed E-state index contributed by atoms with van der Waals surface area (Å²) in [5.41, 5.74) is 2.34. The number of hydrogen-bond donors (Lipinski definition) is 2. The van der Waals surface area contributed by atoms with Gasteiger partial charge in [-0.3, -0.25) is 4.79 Å². The van der Waals surface area contributed by atoms with Crippen molar-refractivity contribution in [2.75, 3.05) is 31.5 Å². The predicted molar refractivity (Wildman–Crippen MR) is 80.9 cm³/mol. The molecule has 1 aromatic rings. The third-order valence-electron chi connectivity index (χ3n) is 4.26. The molecule has 2 heterocycles. The van der Waals surface area contributed by atoms with Crippen LogP contribution in [0.25, 0.3) is 0 Å². The van der Waals surface area contributed by atoms with Crippen molar-refractivity contribution in [3.8, 4) is 0 Å². The summed E-state index contributed by atoms with van der Waals surface area (Å²) in [5.74, 6) is 0.123. The van der Waals surface area contributed by atoms with Crippen molar-refractivity contribution in [2.24, 2.45) is 0 Å². The summed E-state index contributed by atoms with van der Waals surface area (Å²) < 4.78 is 0. The van der Waals surface area contributed by atoms with Crippen molar-refractivity contribution >= 4 is 11.6 Å². The molecule has 1 saturated heterocycles. The molecular weight excluding hydrogens is 250 g/mol. The van der Waals surface area contributed by atoms with Gasteiger partial charge in [0.1, 0.15) is 6.04 Å². The van der Waals surface area contributed by atoms with Crippen molar-refractivity contribution in [1.82, 2.24) is 10.2 Å². The molecule has 1 amide bonds. The second kappa shape index (κ2) is 6.27. The molecule has 2 aliphatic rings. The highest BCUT2D eigenvalue weighted by Crippen LogP contribution is 2.24. The summed E-state index contributed by atoms with van der Waals surface area (Å²) in [6, 6.07) is 8.05. The molecule has 20 heavy (non-hydrogen) atoms. The minimum absolute atomic E-state index is 0.103. The van der Waals surface area contributed by atoms with Crippen LogP contribution in [-0.4, -0.2) is 43.0 Å². The number of benzene rings is 1. The van der Waals surface area contributed by atoms with Crippen molar-refractivity contribution in [3.05, 3.63) is 29.8 Å². The predicted octanol–water partition coefficient (Wildman–Crippen LogP) is 1.63. The fourth-order valence-corrected chi connectivity index (χ4v) is 3.10. The van der Waals surface area contributed by atoms with E-state index < -0.39 is 0 Å². The first-order chi connectivity index (χ1) is 9.83. The van der Waals surface area contributed by atoms with Crippen LogP contribution in [0.4, 0.5) is 5.69 Å².